The predicted octanol–water partition coefficient (Wildman–Crippen LogP) is 4.65. The van der Waals surface area contributed by atoms with Crippen LogP contribution in [0.15, 0.2) is 89.8 Å². The van der Waals surface area contributed by atoms with Gasteiger partial charge in [-0.15, -0.1) is 0 Å². The summed E-state index contributed by atoms with van der Waals surface area (Å²) in [5, 5.41) is 14.6. The van der Waals surface area contributed by atoms with E-state index in [4.69, 9.17) is 9.15 Å². The van der Waals surface area contributed by atoms with Gasteiger partial charge < -0.3 is 19.2 Å². The molecule has 1 unspecified atom stereocenters. The molecule has 1 amide bonds. The summed E-state index contributed by atoms with van der Waals surface area (Å²) in [6.07, 6.45) is 4.20. The van der Waals surface area contributed by atoms with E-state index < -0.39 is 18.1 Å². The highest BCUT2D eigenvalue weighted by Crippen LogP contribution is 2.20. The Kier molecular flexibility index (Phi) is 8.15. The number of benzene rings is 2. The average molecular weight is 488 g/mol. The predicted molar refractivity (Wildman–Crippen MR) is 139 cm³/mol. The second-order valence-electron chi connectivity index (χ2n) is 9.83. The first kappa shape index (κ1) is 25.6. The molecule has 0 aliphatic rings. The third-order valence-corrected chi connectivity index (χ3v) is 5.71. The molecule has 0 saturated heterocycles. The molecule has 0 fully saturated rings. The van der Waals surface area contributed by atoms with E-state index in [1.54, 1.807) is 23.6 Å². The molecule has 0 spiro atoms. The van der Waals surface area contributed by atoms with Gasteiger partial charge in [0.1, 0.15) is 5.58 Å². The molecule has 0 radical (unpaired) electrons. The summed E-state index contributed by atoms with van der Waals surface area (Å²) in [5.74, 6) is -0.139. The van der Waals surface area contributed by atoms with E-state index in [1.807, 2.05) is 87.5 Å². The van der Waals surface area contributed by atoms with Crippen LogP contribution in [-0.4, -0.2) is 39.0 Å². The average Bonchev–Trinajstić information content (AvgIpc) is 3.31. The van der Waals surface area contributed by atoms with Crippen LogP contribution in [0, 0.1) is 0 Å². The smallest absolute Gasteiger partial charge is 0.240 e. The van der Waals surface area contributed by atoms with Crippen molar-refractivity contribution < 1.29 is 19.1 Å². The number of carbonyl (C=O) groups excluding carboxylic acids is 1. The first-order chi connectivity index (χ1) is 17.3. The van der Waals surface area contributed by atoms with Gasteiger partial charge in [-0.3, -0.25) is 15.1 Å². The van der Waals surface area contributed by atoms with Gasteiger partial charge in [0.25, 0.3) is 0 Å². The van der Waals surface area contributed by atoms with Crippen LogP contribution in [-0.2, 0) is 29.0 Å². The fraction of sp³-hybridized carbons (Fsp3) is 0.310. The van der Waals surface area contributed by atoms with Crippen LogP contribution in [0.25, 0.3) is 11.0 Å². The van der Waals surface area contributed by atoms with E-state index in [-0.39, 0.29) is 5.91 Å². The van der Waals surface area contributed by atoms with Crippen molar-refractivity contribution in [2.45, 2.75) is 58.3 Å². The molecule has 7 nitrogen and oxygen atoms in total. The minimum Gasteiger partial charge on any atom is -0.464 e. The Hall–Kier alpha value is -3.52. The molecule has 4 rings (SSSR count). The molecular formula is C29H33N3O4. The van der Waals surface area contributed by atoms with Crippen LogP contribution < -0.4 is 5.32 Å². The first-order valence-corrected chi connectivity index (χ1v) is 12.1. The number of hydrogen-bond donors (Lipinski definition) is 2. The molecule has 0 saturated carbocycles. The van der Waals surface area contributed by atoms with Gasteiger partial charge >= 0.3 is 0 Å². The number of pyridine rings is 1. The van der Waals surface area contributed by atoms with Crippen molar-refractivity contribution in [1.29, 1.82) is 0 Å². The minimum absolute atomic E-state index is 0.139. The maximum atomic E-state index is 14.0. The Balaban J connectivity index is 1.62. The van der Waals surface area contributed by atoms with Crippen LogP contribution in [0.3, 0.4) is 0 Å². The molecule has 0 aliphatic carbocycles. The quantitative estimate of drug-likeness (QED) is 0.317. The summed E-state index contributed by atoms with van der Waals surface area (Å²) in [6, 6.07) is 20.7. The molecule has 2 N–H and O–H groups in total. The zero-order chi connectivity index (χ0) is 25.5. The number of nitrogens with zero attached hydrogens (tertiary/aromatic N) is 2. The Bertz CT molecular complexity index is 1250. The highest BCUT2D eigenvalue weighted by molar-refractivity contribution is 5.83. The normalized spacial score (nSPS) is 13.4. The van der Waals surface area contributed by atoms with Gasteiger partial charge in [0, 0.05) is 30.9 Å². The van der Waals surface area contributed by atoms with Gasteiger partial charge in [0.05, 0.1) is 17.9 Å². The summed E-state index contributed by atoms with van der Waals surface area (Å²) < 4.78 is 11.1. The lowest BCUT2D eigenvalue weighted by Gasteiger charge is -2.31. The third kappa shape index (κ3) is 7.24. The Morgan fingerprint density at radius 1 is 1.00 bits per heavy atom. The second kappa shape index (κ2) is 11.5. The number of hydrogen-bond acceptors (Lipinski definition) is 6. The van der Waals surface area contributed by atoms with Gasteiger partial charge in [-0.25, -0.2) is 0 Å². The van der Waals surface area contributed by atoms with Gasteiger partial charge in [0.15, 0.2) is 0 Å². The van der Waals surface area contributed by atoms with Crippen molar-refractivity contribution in [1.82, 2.24) is 15.2 Å². The number of aliphatic hydroxyl groups excluding tert-OH is 1. The van der Waals surface area contributed by atoms with E-state index in [0.717, 1.165) is 27.7 Å². The van der Waals surface area contributed by atoms with Gasteiger partial charge in [0.2, 0.25) is 12.3 Å². The molecule has 0 bridgehead atoms. The van der Waals surface area contributed by atoms with E-state index >= 15 is 0 Å². The van der Waals surface area contributed by atoms with Gasteiger partial charge in [-0.05, 0) is 74.2 Å². The Morgan fingerprint density at radius 2 is 1.72 bits per heavy atom. The maximum absolute atomic E-state index is 14.0. The van der Waals surface area contributed by atoms with Crippen LogP contribution in [0.2, 0.25) is 0 Å². The van der Waals surface area contributed by atoms with E-state index in [2.05, 4.69) is 10.3 Å². The summed E-state index contributed by atoms with van der Waals surface area (Å²) >= 11 is 0. The molecule has 36 heavy (non-hydrogen) atoms. The molecule has 2 aromatic heterocycles. The van der Waals surface area contributed by atoms with Gasteiger partial charge in [-0.2, -0.15) is 0 Å². The number of furan rings is 1. The lowest BCUT2D eigenvalue weighted by atomic mass is 10.0. The molecule has 2 heterocycles. The Morgan fingerprint density at radius 3 is 2.44 bits per heavy atom. The fourth-order valence-electron chi connectivity index (χ4n) is 4.08. The zero-order valence-corrected chi connectivity index (χ0v) is 20.9. The number of fused-ring (bicyclic) bond motifs is 1. The molecule has 2 atom stereocenters. The first-order valence-electron chi connectivity index (χ1n) is 12.1. The summed E-state index contributed by atoms with van der Waals surface area (Å²) in [4.78, 5) is 19.9. The summed E-state index contributed by atoms with van der Waals surface area (Å²) in [7, 11) is 0. The van der Waals surface area contributed by atoms with Crippen molar-refractivity contribution in [3.8, 4) is 0 Å². The highest BCUT2D eigenvalue weighted by Gasteiger charge is 2.29. The number of aromatic nitrogens is 1. The van der Waals surface area contributed by atoms with Crippen molar-refractivity contribution in [2.24, 2.45) is 0 Å². The number of amides is 1. The molecular weight excluding hydrogens is 454 g/mol. The fourth-order valence-corrected chi connectivity index (χ4v) is 4.08. The van der Waals surface area contributed by atoms with E-state index in [0.29, 0.717) is 19.5 Å². The SMILES string of the molecule is CC(C)(C)OC(O)N[C@H](Cc1ccccc1)C(=O)N(Cc1ccncc1)Cc1ccc2occc2c1. The summed E-state index contributed by atoms with van der Waals surface area (Å²) in [5.41, 5.74) is 3.15. The zero-order valence-electron chi connectivity index (χ0n) is 20.9. The van der Waals surface area contributed by atoms with E-state index in [1.165, 1.54) is 0 Å². The third-order valence-electron chi connectivity index (χ3n) is 5.71. The molecule has 0 aliphatic heterocycles. The molecule has 4 aromatic rings. The standard InChI is InChI=1S/C29H33N3O4/c1-29(2,3)36-28(34)31-25(18-21-7-5-4-6-8-21)27(33)32(19-22-11-14-30-15-12-22)20-23-9-10-26-24(17-23)13-16-35-26/h4-17,25,28,31,34H,18-20H2,1-3H3/t25-,28?/m1/s1. The van der Waals surface area contributed by atoms with Crippen molar-refractivity contribution >= 4 is 16.9 Å². The van der Waals surface area contributed by atoms with Crippen molar-refractivity contribution in [3.63, 3.8) is 0 Å². The van der Waals surface area contributed by atoms with Crippen molar-refractivity contribution in [2.75, 3.05) is 0 Å². The molecule has 188 valence electrons. The lowest BCUT2D eigenvalue weighted by molar-refractivity contribution is -0.188. The topological polar surface area (TPSA) is 87.8 Å². The number of rotatable bonds is 10. The van der Waals surface area contributed by atoms with Crippen LogP contribution in [0.1, 0.15) is 37.5 Å². The number of aliphatic hydroxyl groups is 1. The number of nitrogens with one attached hydrogen (secondary N) is 1. The van der Waals surface area contributed by atoms with E-state index in [9.17, 15) is 9.90 Å². The summed E-state index contributed by atoms with van der Waals surface area (Å²) in [6.45, 7) is 6.36. The Labute approximate surface area is 211 Å². The van der Waals surface area contributed by atoms with Crippen LogP contribution in [0.4, 0.5) is 0 Å². The number of ether oxygens (including phenoxy) is 1. The second-order valence-corrected chi connectivity index (χ2v) is 9.83. The monoisotopic (exact) mass is 487 g/mol. The number of carbonyl (C=O) groups is 1. The molecule has 7 heteroatoms. The van der Waals surface area contributed by atoms with Crippen LogP contribution in [0.5, 0.6) is 0 Å². The van der Waals surface area contributed by atoms with Crippen LogP contribution >= 0.6 is 0 Å². The maximum Gasteiger partial charge on any atom is 0.240 e. The van der Waals surface area contributed by atoms with Crippen molar-refractivity contribution in [3.05, 3.63) is 102 Å². The van der Waals surface area contributed by atoms with Gasteiger partial charge in [-0.1, -0.05) is 36.4 Å². The minimum atomic E-state index is -1.30. The lowest BCUT2D eigenvalue weighted by Crippen LogP contribution is -2.52. The highest BCUT2D eigenvalue weighted by atomic mass is 16.6. The molecule has 2 aromatic carbocycles. The largest absolute Gasteiger partial charge is 0.464 e.